The predicted molar refractivity (Wildman–Crippen MR) is 97.9 cm³/mol. The number of allylic oxidation sites excluding steroid dienone is 12. The molecule has 0 amide bonds. The predicted octanol–water partition coefficient (Wildman–Crippen LogP) is 4.95. The van der Waals surface area contributed by atoms with Gasteiger partial charge in [-0.05, 0) is 23.7 Å². The van der Waals surface area contributed by atoms with Crippen LogP contribution in [0.25, 0.3) is 0 Å². The van der Waals surface area contributed by atoms with Crippen LogP contribution in [-0.4, -0.2) is 5.66 Å². The molecule has 0 radical (unpaired) electrons. The molecule has 0 N–H and O–H groups in total. The highest BCUT2D eigenvalue weighted by Gasteiger charge is 2.12. The second-order valence-electron chi connectivity index (χ2n) is 4.41. The minimum Gasteiger partial charge on any atom is -0.192 e. The fourth-order valence-electron chi connectivity index (χ4n) is 1.66. The number of nitriles is 2. The number of hydrogen-bond donors (Lipinski definition) is 0. The van der Waals surface area contributed by atoms with Gasteiger partial charge in [0.05, 0.1) is 11.1 Å². The first-order valence-corrected chi connectivity index (χ1v) is 7.49. The monoisotopic (exact) mass is 308 g/mol. The van der Waals surface area contributed by atoms with Gasteiger partial charge in [-0.15, -0.1) is 9.24 Å². The van der Waals surface area contributed by atoms with E-state index < -0.39 is 0 Å². The lowest BCUT2D eigenvalue weighted by Crippen LogP contribution is -1.95. The summed E-state index contributed by atoms with van der Waals surface area (Å²) in [6.45, 7) is 11.2. The van der Waals surface area contributed by atoms with Crippen molar-refractivity contribution in [1.29, 1.82) is 10.5 Å². The van der Waals surface area contributed by atoms with Crippen molar-refractivity contribution in [2.24, 2.45) is 0 Å². The topological polar surface area (TPSA) is 47.6 Å². The number of rotatable bonds is 7. The van der Waals surface area contributed by atoms with E-state index in [1.165, 1.54) is 0 Å². The quantitative estimate of drug-likeness (QED) is 0.379. The molecule has 0 aromatic heterocycles. The molecule has 0 aromatic rings. The van der Waals surface area contributed by atoms with Gasteiger partial charge < -0.3 is 0 Å². The zero-order valence-corrected chi connectivity index (χ0v) is 14.2. The Morgan fingerprint density at radius 2 is 1.45 bits per heavy atom. The van der Waals surface area contributed by atoms with Crippen LogP contribution in [0.1, 0.15) is 13.8 Å². The smallest absolute Gasteiger partial charge is 0.101 e. The van der Waals surface area contributed by atoms with E-state index >= 15 is 0 Å². The van der Waals surface area contributed by atoms with Crippen molar-refractivity contribution < 1.29 is 0 Å². The summed E-state index contributed by atoms with van der Waals surface area (Å²) in [5.41, 5.74) is 2.20. The van der Waals surface area contributed by atoms with Crippen molar-refractivity contribution in [3.05, 3.63) is 84.1 Å². The first-order chi connectivity index (χ1) is 10.5. The van der Waals surface area contributed by atoms with E-state index in [1.54, 1.807) is 30.4 Å². The van der Waals surface area contributed by atoms with Crippen molar-refractivity contribution in [2.45, 2.75) is 19.5 Å². The molecule has 0 fully saturated rings. The maximum Gasteiger partial charge on any atom is 0.101 e. The Labute approximate surface area is 136 Å². The molecule has 0 aromatic carbocycles. The van der Waals surface area contributed by atoms with E-state index in [2.05, 4.69) is 34.5 Å². The molecule has 0 bridgehead atoms. The van der Waals surface area contributed by atoms with Crippen molar-refractivity contribution in [3.63, 3.8) is 0 Å². The molecule has 0 rings (SSSR count). The summed E-state index contributed by atoms with van der Waals surface area (Å²) in [4.78, 5) is 0. The molecule has 3 heteroatoms. The Kier molecular flexibility index (Phi) is 10.0. The zero-order chi connectivity index (χ0) is 17.0. The number of hydrogen-bond acceptors (Lipinski definition) is 2. The Balaban J connectivity index is 6.34. The fraction of sp³-hybridized carbons (Fsp3) is 0.158. The maximum atomic E-state index is 9.52. The summed E-state index contributed by atoms with van der Waals surface area (Å²) in [5, 5.41) is 19.0. The van der Waals surface area contributed by atoms with Crippen LogP contribution in [0.5, 0.6) is 0 Å². The first-order valence-electron chi connectivity index (χ1n) is 6.82. The Morgan fingerprint density at radius 1 is 1.00 bits per heavy atom. The molecular weight excluding hydrogens is 287 g/mol. The van der Waals surface area contributed by atoms with Crippen LogP contribution in [0.15, 0.2) is 84.1 Å². The van der Waals surface area contributed by atoms with Crippen LogP contribution in [0.3, 0.4) is 0 Å². The van der Waals surface area contributed by atoms with E-state index in [-0.39, 0.29) is 5.66 Å². The minimum atomic E-state index is 0.261. The van der Waals surface area contributed by atoms with E-state index in [0.717, 1.165) is 0 Å². The lowest BCUT2D eigenvalue weighted by Gasteiger charge is -2.06. The normalized spacial score (nSPS) is 15.1. The van der Waals surface area contributed by atoms with Crippen LogP contribution in [0.4, 0.5) is 0 Å². The first kappa shape index (κ1) is 19.6. The van der Waals surface area contributed by atoms with Gasteiger partial charge in [0.1, 0.15) is 12.1 Å². The van der Waals surface area contributed by atoms with Crippen molar-refractivity contribution in [1.82, 2.24) is 0 Å². The Hall–Kier alpha value is -2.41. The second kappa shape index (κ2) is 11.3. The summed E-state index contributed by atoms with van der Waals surface area (Å²) in [6.07, 6.45) is 14.0. The summed E-state index contributed by atoms with van der Waals surface area (Å²) in [5.74, 6) is 0. The molecule has 2 nitrogen and oxygen atoms in total. The van der Waals surface area contributed by atoms with Gasteiger partial charge >= 0.3 is 0 Å². The average molecular weight is 308 g/mol. The largest absolute Gasteiger partial charge is 0.192 e. The molecule has 0 aliphatic rings. The van der Waals surface area contributed by atoms with E-state index in [4.69, 9.17) is 0 Å². The molecule has 112 valence electrons. The standard InChI is InChI=1S/C19H21N2P/c1-5-8-16(9-6-2)18(13-20)19(14-21)17(10-7-3)12-11-15(4)22/h5-12,15H,1,3,22H2,2,4H3/b9-6-,12-11-,16-8+,17-10+,19-18+. The van der Waals surface area contributed by atoms with Gasteiger partial charge in [0.15, 0.2) is 0 Å². The molecule has 0 aliphatic carbocycles. The van der Waals surface area contributed by atoms with Gasteiger partial charge in [-0.2, -0.15) is 10.5 Å². The Morgan fingerprint density at radius 3 is 1.77 bits per heavy atom. The van der Waals surface area contributed by atoms with Gasteiger partial charge in [-0.1, -0.05) is 68.7 Å². The van der Waals surface area contributed by atoms with E-state index in [9.17, 15) is 10.5 Å². The molecule has 0 spiro atoms. The summed E-state index contributed by atoms with van der Waals surface area (Å²) < 4.78 is 0. The van der Waals surface area contributed by atoms with Crippen LogP contribution < -0.4 is 0 Å². The molecule has 22 heavy (non-hydrogen) atoms. The third-order valence-corrected chi connectivity index (χ3v) is 2.79. The zero-order valence-electron chi connectivity index (χ0n) is 13.1. The van der Waals surface area contributed by atoms with Gasteiger partial charge in [-0.3, -0.25) is 0 Å². The highest BCUT2D eigenvalue weighted by molar-refractivity contribution is 7.17. The lowest BCUT2D eigenvalue weighted by atomic mass is 9.94. The highest BCUT2D eigenvalue weighted by atomic mass is 31.0. The Bertz CT molecular complexity index is 642. The molecule has 2 atom stereocenters. The molecular formula is C19H21N2P. The maximum absolute atomic E-state index is 9.52. The van der Waals surface area contributed by atoms with Gasteiger partial charge in [0.2, 0.25) is 0 Å². The van der Waals surface area contributed by atoms with Gasteiger partial charge in [0, 0.05) is 0 Å². The van der Waals surface area contributed by atoms with E-state index in [0.29, 0.717) is 22.3 Å². The molecule has 0 saturated heterocycles. The third-order valence-electron chi connectivity index (χ3n) is 2.57. The van der Waals surface area contributed by atoms with Crippen molar-refractivity contribution in [3.8, 4) is 12.1 Å². The SMILES string of the molecule is C=C/C=C(\C=C/C)C(/C#N)=C(C#N)/C(/C=C\C(C)P)=C/C=C. The van der Waals surface area contributed by atoms with Crippen LogP contribution in [0.2, 0.25) is 0 Å². The molecule has 0 heterocycles. The average Bonchev–Trinajstić information content (AvgIpc) is 2.49. The van der Waals surface area contributed by atoms with Crippen molar-refractivity contribution >= 4 is 9.24 Å². The van der Waals surface area contributed by atoms with Crippen LogP contribution >= 0.6 is 9.24 Å². The summed E-state index contributed by atoms with van der Waals surface area (Å²) in [7, 11) is 2.66. The molecule has 0 saturated carbocycles. The fourth-order valence-corrected chi connectivity index (χ4v) is 1.77. The highest BCUT2D eigenvalue weighted by Crippen LogP contribution is 2.23. The summed E-state index contributed by atoms with van der Waals surface area (Å²) >= 11 is 0. The summed E-state index contributed by atoms with van der Waals surface area (Å²) in [6, 6.07) is 4.26. The third kappa shape index (κ3) is 6.36. The number of nitrogens with zero attached hydrogens (tertiary/aromatic N) is 2. The van der Waals surface area contributed by atoms with E-state index in [1.807, 2.05) is 32.1 Å². The van der Waals surface area contributed by atoms with Gasteiger partial charge in [0.25, 0.3) is 0 Å². The van der Waals surface area contributed by atoms with Gasteiger partial charge in [-0.25, -0.2) is 0 Å². The molecule has 2 unspecified atom stereocenters. The molecule has 0 aliphatic heterocycles. The second-order valence-corrected chi connectivity index (χ2v) is 5.46. The van der Waals surface area contributed by atoms with Crippen LogP contribution in [0, 0.1) is 22.7 Å². The minimum absolute atomic E-state index is 0.261. The van der Waals surface area contributed by atoms with Crippen molar-refractivity contribution in [2.75, 3.05) is 0 Å². The lowest BCUT2D eigenvalue weighted by molar-refractivity contribution is 1.24. The van der Waals surface area contributed by atoms with Crippen LogP contribution in [-0.2, 0) is 0 Å².